The molecule has 10 heteroatoms. The molecule has 1 amide bonds. The topological polar surface area (TPSA) is 137 Å². The fourth-order valence-corrected chi connectivity index (χ4v) is 3.27. The summed E-state index contributed by atoms with van der Waals surface area (Å²) >= 11 is 5.93. The van der Waals surface area contributed by atoms with Crippen LogP contribution in [0, 0.1) is 0 Å². The number of piperidine rings is 1. The number of hydrogen-bond donors (Lipinski definition) is 2. The largest absolute Gasteiger partial charge is 0.464 e. The Balaban J connectivity index is 0.00000145. The van der Waals surface area contributed by atoms with Gasteiger partial charge in [-0.3, -0.25) is 4.79 Å². The third-order valence-corrected chi connectivity index (χ3v) is 4.67. The number of anilines is 2. The van der Waals surface area contributed by atoms with E-state index in [4.69, 9.17) is 23.1 Å². The SMILES string of the molecule is CC.COC(=O)c1cc(N2CCC(c3ccc(N)c(C(N)=O)n3)CC2)nc(Cl)n1. The average Bonchev–Trinajstić information content (AvgIpc) is 2.74. The maximum absolute atomic E-state index is 11.7. The van der Waals surface area contributed by atoms with Gasteiger partial charge in [0.2, 0.25) is 5.28 Å². The number of esters is 1. The highest BCUT2D eigenvalue weighted by Gasteiger charge is 2.25. The zero-order valence-electron chi connectivity index (χ0n) is 16.7. The first kappa shape index (κ1) is 22.4. The van der Waals surface area contributed by atoms with Gasteiger partial charge in [0.15, 0.2) is 11.4 Å². The van der Waals surface area contributed by atoms with Crippen LogP contribution in [0.3, 0.4) is 0 Å². The fraction of sp³-hybridized carbons (Fsp3) is 0.421. The minimum atomic E-state index is -0.641. The number of pyridine rings is 1. The molecule has 3 rings (SSSR count). The molecule has 0 aromatic carbocycles. The Morgan fingerprint density at radius 3 is 2.41 bits per heavy atom. The molecule has 29 heavy (non-hydrogen) atoms. The van der Waals surface area contributed by atoms with Crippen molar-refractivity contribution in [3.8, 4) is 0 Å². The molecule has 0 radical (unpaired) electrons. The summed E-state index contributed by atoms with van der Waals surface area (Å²) in [7, 11) is 1.28. The van der Waals surface area contributed by atoms with Gasteiger partial charge in [0.25, 0.3) is 5.91 Å². The lowest BCUT2D eigenvalue weighted by atomic mass is 9.92. The zero-order chi connectivity index (χ0) is 21.6. The second-order valence-electron chi connectivity index (χ2n) is 6.17. The highest BCUT2D eigenvalue weighted by Crippen LogP contribution is 2.30. The third kappa shape index (κ3) is 5.32. The Kier molecular flexibility index (Phi) is 7.72. The predicted molar refractivity (Wildman–Crippen MR) is 111 cm³/mol. The summed E-state index contributed by atoms with van der Waals surface area (Å²) in [6, 6.07) is 5.03. The lowest BCUT2D eigenvalue weighted by Crippen LogP contribution is -2.34. The number of hydrogen-bond acceptors (Lipinski definition) is 8. The van der Waals surface area contributed by atoms with E-state index in [1.807, 2.05) is 24.8 Å². The summed E-state index contributed by atoms with van der Waals surface area (Å²) in [5.74, 6) is -0.479. The molecule has 1 saturated heterocycles. The molecule has 9 nitrogen and oxygen atoms in total. The van der Waals surface area contributed by atoms with E-state index >= 15 is 0 Å². The zero-order valence-corrected chi connectivity index (χ0v) is 17.4. The monoisotopic (exact) mass is 420 g/mol. The Morgan fingerprint density at radius 2 is 1.83 bits per heavy atom. The molecule has 2 aromatic heterocycles. The number of halogens is 1. The summed E-state index contributed by atoms with van der Waals surface area (Å²) in [5.41, 5.74) is 12.3. The van der Waals surface area contributed by atoms with Gasteiger partial charge in [0.1, 0.15) is 5.82 Å². The van der Waals surface area contributed by atoms with Crippen molar-refractivity contribution in [3.63, 3.8) is 0 Å². The van der Waals surface area contributed by atoms with Crippen LogP contribution in [-0.2, 0) is 4.74 Å². The number of amides is 1. The normalized spacial score (nSPS) is 14.0. The molecule has 0 saturated carbocycles. The number of ether oxygens (including phenoxy) is 1. The molecular weight excluding hydrogens is 396 g/mol. The van der Waals surface area contributed by atoms with Gasteiger partial charge in [0.05, 0.1) is 12.8 Å². The van der Waals surface area contributed by atoms with Crippen LogP contribution in [0.2, 0.25) is 5.28 Å². The van der Waals surface area contributed by atoms with Crippen molar-refractivity contribution in [1.29, 1.82) is 0 Å². The Morgan fingerprint density at radius 1 is 1.17 bits per heavy atom. The number of carbonyl (C=O) groups excluding carboxylic acids is 2. The summed E-state index contributed by atoms with van der Waals surface area (Å²) in [4.78, 5) is 37.6. The van der Waals surface area contributed by atoms with Gasteiger partial charge in [0, 0.05) is 30.8 Å². The van der Waals surface area contributed by atoms with Crippen molar-refractivity contribution < 1.29 is 14.3 Å². The van der Waals surface area contributed by atoms with Gasteiger partial charge < -0.3 is 21.1 Å². The van der Waals surface area contributed by atoms with E-state index in [0.717, 1.165) is 18.5 Å². The van der Waals surface area contributed by atoms with E-state index in [1.54, 1.807) is 12.1 Å². The molecular formula is C19H25ClN6O3. The number of nitrogen functional groups attached to an aromatic ring is 1. The second kappa shape index (κ2) is 10.0. The van der Waals surface area contributed by atoms with Crippen LogP contribution < -0.4 is 16.4 Å². The molecule has 0 unspecified atom stereocenters. The first-order valence-corrected chi connectivity index (χ1v) is 9.71. The minimum Gasteiger partial charge on any atom is -0.464 e. The minimum absolute atomic E-state index is 0.0127. The number of primary amides is 1. The van der Waals surface area contributed by atoms with Crippen molar-refractivity contribution in [3.05, 3.63) is 40.6 Å². The van der Waals surface area contributed by atoms with E-state index < -0.39 is 11.9 Å². The molecule has 1 aliphatic heterocycles. The highest BCUT2D eigenvalue weighted by molar-refractivity contribution is 6.28. The highest BCUT2D eigenvalue weighted by atomic mass is 35.5. The van der Waals surface area contributed by atoms with E-state index in [0.29, 0.717) is 18.9 Å². The third-order valence-electron chi connectivity index (χ3n) is 4.50. The van der Waals surface area contributed by atoms with Gasteiger partial charge in [-0.15, -0.1) is 0 Å². The number of rotatable bonds is 4. The van der Waals surface area contributed by atoms with Crippen molar-refractivity contribution in [2.75, 3.05) is 30.8 Å². The van der Waals surface area contributed by atoms with Crippen LogP contribution in [0.4, 0.5) is 11.5 Å². The molecule has 0 spiro atoms. The maximum atomic E-state index is 11.7. The standard InChI is InChI=1S/C17H19ClN6O3.C2H6/c1-27-16(26)12-8-13(23-17(18)22-12)24-6-4-9(5-7-24)11-3-2-10(19)14(21-11)15(20)25;1-2/h2-3,8-9H,4-7,19H2,1H3,(H2,20,25);1-2H3. The first-order chi connectivity index (χ1) is 13.9. The van der Waals surface area contributed by atoms with Crippen molar-refractivity contribution >= 4 is 35.0 Å². The van der Waals surface area contributed by atoms with Crippen molar-refractivity contribution in [2.24, 2.45) is 5.73 Å². The molecule has 1 aliphatic rings. The molecule has 4 N–H and O–H groups in total. The Labute approximate surface area is 174 Å². The number of carbonyl (C=O) groups is 2. The van der Waals surface area contributed by atoms with Crippen LogP contribution in [0.15, 0.2) is 18.2 Å². The molecule has 0 bridgehead atoms. The first-order valence-electron chi connectivity index (χ1n) is 9.33. The van der Waals surface area contributed by atoms with E-state index in [9.17, 15) is 9.59 Å². The summed E-state index contributed by atoms with van der Waals surface area (Å²) in [6.07, 6.45) is 1.56. The van der Waals surface area contributed by atoms with Gasteiger partial charge in [-0.25, -0.2) is 19.7 Å². The molecule has 0 aliphatic carbocycles. The molecule has 3 heterocycles. The van der Waals surface area contributed by atoms with E-state index in [1.165, 1.54) is 7.11 Å². The van der Waals surface area contributed by atoms with Crippen LogP contribution in [0.1, 0.15) is 59.3 Å². The quantitative estimate of drug-likeness (QED) is 0.568. The molecule has 2 aromatic rings. The number of aromatic nitrogens is 3. The van der Waals surface area contributed by atoms with Crippen LogP contribution in [0.25, 0.3) is 0 Å². The Hall–Kier alpha value is -2.94. The van der Waals surface area contributed by atoms with Crippen LogP contribution in [0.5, 0.6) is 0 Å². The maximum Gasteiger partial charge on any atom is 0.356 e. The second-order valence-corrected chi connectivity index (χ2v) is 6.51. The van der Waals surface area contributed by atoms with Crippen LogP contribution in [-0.4, -0.2) is 47.0 Å². The average molecular weight is 421 g/mol. The summed E-state index contributed by atoms with van der Waals surface area (Å²) < 4.78 is 4.69. The molecule has 0 atom stereocenters. The summed E-state index contributed by atoms with van der Waals surface area (Å²) in [5, 5.41) is -0.0127. The lowest BCUT2D eigenvalue weighted by Gasteiger charge is -2.32. The molecule has 156 valence electrons. The number of methoxy groups -OCH3 is 1. The predicted octanol–water partition coefficient (Wildman–Crippen LogP) is 2.40. The van der Waals surface area contributed by atoms with Gasteiger partial charge in [-0.05, 0) is 36.6 Å². The van der Waals surface area contributed by atoms with Crippen molar-refractivity contribution in [1.82, 2.24) is 15.0 Å². The van der Waals surface area contributed by atoms with E-state index in [2.05, 4.69) is 19.7 Å². The van der Waals surface area contributed by atoms with Gasteiger partial charge >= 0.3 is 5.97 Å². The van der Waals surface area contributed by atoms with Crippen LogP contribution >= 0.6 is 11.6 Å². The smallest absolute Gasteiger partial charge is 0.356 e. The van der Waals surface area contributed by atoms with E-state index in [-0.39, 0.29) is 28.3 Å². The van der Waals surface area contributed by atoms with Gasteiger partial charge in [-0.2, -0.15) is 0 Å². The Bertz CT molecular complexity index is 884. The molecule has 1 fully saturated rings. The van der Waals surface area contributed by atoms with Crippen molar-refractivity contribution in [2.45, 2.75) is 32.6 Å². The summed E-state index contributed by atoms with van der Waals surface area (Å²) in [6.45, 7) is 5.35. The lowest BCUT2D eigenvalue weighted by molar-refractivity contribution is 0.0593. The number of nitrogens with zero attached hydrogens (tertiary/aromatic N) is 4. The fourth-order valence-electron chi connectivity index (χ4n) is 3.09. The number of nitrogens with two attached hydrogens (primary N) is 2. The van der Waals surface area contributed by atoms with Gasteiger partial charge in [-0.1, -0.05) is 13.8 Å².